The molecule has 0 spiro atoms. The van der Waals surface area contributed by atoms with Gasteiger partial charge < -0.3 is 10.6 Å². The highest BCUT2D eigenvalue weighted by Gasteiger charge is 2.27. The van der Waals surface area contributed by atoms with Gasteiger partial charge in [-0.05, 0) is 34.5 Å². The summed E-state index contributed by atoms with van der Waals surface area (Å²) in [6.45, 7) is 5.20. The normalized spacial score (nSPS) is 18.0. The summed E-state index contributed by atoms with van der Waals surface area (Å²) in [7, 11) is 0. The zero-order chi connectivity index (χ0) is 14.7. The molecule has 2 heterocycles. The predicted octanol–water partition coefficient (Wildman–Crippen LogP) is 2.33. The van der Waals surface area contributed by atoms with E-state index in [9.17, 15) is 4.79 Å². The minimum atomic E-state index is 0.115. The molecule has 4 nitrogen and oxygen atoms in total. The smallest absolute Gasteiger partial charge is 0.264 e. The summed E-state index contributed by atoms with van der Waals surface area (Å²) in [4.78, 5) is 17.9. The number of carbonyl (C=O) groups is 1. The molecule has 0 aliphatic carbocycles. The Kier molecular flexibility index (Phi) is 5.54. The Hall–Kier alpha value is -0.500. The quantitative estimate of drug-likeness (QED) is 0.820. The number of halogens is 1. The molecule has 1 atom stereocenters. The number of nitrogens with zero attached hydrogens (tertiary/aromatic N) is 2. The van der Waals surface area contributed by atoms with Crippen LogP contribution in [0, 0.1) is 0 Å². The maximum absolute atomic E-state index is 12.3. The highest BCUT2D eigenvalue weighted by atomic mass is 79.9. The molecule has 0 bridgehead atoms. The van der Waals surface area contributed by atoms with Gasteiger partial charge in [-0.3, -0.25) is 9.69 Å². The van der Waals surface area contributed by atoms with Crippen LogP contribution in [0.25, 0.3) is 0 Å². The first-order chi connectivity index (χ1) is 9.52. The molecule has 1 saturated heterocycles. The van der Waals surface area contributed by atoms with Gasteiger partial charge in [0.1, 0.15) is 0 Å². The SMILES string of the molecule is CCC(C(N)=S)N1CCN(C(=O)c2ccc(Br)s2)CC1. The van der Waals surface area contributed by atoms with Gasteiger partial charge in [-0.2, -0.15) is 0 Å². The average molecular weight is 376 g/mol. The van der Waals surface area contributed by atoms with Crippen LogP contribution >= 0.6 is 39.5 Å². The van der Waals surface area contributed by atoms with Gasteiger partial charge in [0.15, 0.2) is 0 Å². The van der Waals surface area contributed by atoms with Gasteiger partial charge in [0.05, 0.1) is 19.7 Å². The molecule has 1 aliphatic rings. The Bertz CT molecular complexity index is 498. The maximum atomic E-state index is 12.3. The van der Waals surface area contributed by atoms with E-state index in [0.717, 1.165) is 41.3 Å². The van der Waals surface area contributed by atoms with Crippen molar-refractivity contribution in [2.45, 2.75) is 19.4 Å². The number of thiophene rings is 1. The number of thiocarbonyl (C=S) groups is 1. The second-order valence-electron chi connectivity index (χ2n) is 4.76. The fourth-order valence-electron chi connectivity index (χ4n) is 2.46. The molecule has 0 radical (unpaired) electrons. The third-order valence-corrected chi connectivity index (χ3v) is 5.43. The summed E-state index contributed by atoms with van der Waals surface area (Å²) < 4.78 is 0.985. The van der Waals surface area contributed by atoms with E-state index in [1.54, 1.807) is 0 Å². The molecule has 1 amide bonds. The lowest BCUT2D eigenvalue weighted by molar-refractivity contribution is 0.0616. The van der Waals surface area contributed by atoms with Crippen molar-refractivity contribution in [1.29, 1.82) is 0 Å². The van der Waals surface area contributed by atoms with Crippen LogP contribution in [0.4, 0.5) is 0 Å². The number of amides is 1. The minimum Gasteiger partial charge on any atom is -0.392 e. The molecule has 110 valence electrons. The Balaban J connectivity index is 1.94. The van der Waals surface area contributed by atoms with Crippen molar-refractivity contribution in [3.8, 4) is 0 Å². The van der Waals surface area contributed by atoms with E-state index < -0.39 is 0 Å². The van der Waals surface area contributed by atoms with Crippen molar-refractivity contribution < 1.29 is 4.79 Å². The van der Waals surface area contributed by atoms with E-state index in [4.69, 9.17) is 18.0 Å². The Morgan fingerprint density at radius 1 is 1.45 bits per heavy atom. The molecule has 1 aromatic heterocycles. The number of hydrogen-bond donors (Lipinski definition) is 1. The van der Waals surface area contributed by atoms with Crippen molar-refractivity contribution in [2.24, 2.45) is 5.73 Å². The van der Waals surface area contributed by atoms with Gasteiger partial charge in [-0.25, -0.2) is 0 Å². The topological polar surface area (TPSA) is 49.6 Å². The molecule has 7 heteroatoms. The lowest BCUT2D eigenvalue weighted by Crippen LogP contribution is -2.54. The first-order valence-electron chi connectivity index (χ1n) is 6.61. The molecular formula is C13H18BrN3OS2. The second-order valence-corrected chi connectivity index (χ2v) is 7.69. The molecule has 2 rings (SSSR count). The van der Waals surface area contributed by atoms with E-state index in [1.165, 1.54) is 11.3 Å². The Morgan fingerprint density at radius 2 is 2.10 bits per heavy atom. The molecule has 2 N–H and O–H groups in total. The molecule has 0 saturated carbocycles. The van der Waals surface area contributed by atoms with Crippen molar-refractivity contribution in [3.63, 3.8) is 0 Å². The molecular weight excluding hydrogens is 358 g/mol. The van der Waals surface area contributed by atoms with Crippen molar-refractivity contribution in [2.75, 3.05) is 26.2 Å². The summed E-state index contributed by atoms with van der Waals surface area (Å²) >= 11 is 9.98. The van der Waals surface area contributed by atoms with Crippen molar-refractivity contribution in [3.05, 3.63) is 20.8 Å². The molecule has 1 aliphatic heterocycles. The number of rotatable bonds is 4. The fourth-order valence-corrected chi connectivity index (χ4v) is 4.13. The van der Waals surface area contributed by atoms with Crippen molar-refractivity contribution >= 4 is 50.4 Å². The summed E-state index contributed by atoms with van der Waals surface area (Å²) in [6, 6.07) is 3.93. The van der Waals surface area contributed by atoms with Crippen LogP contribution in [0.1, 0.15) is 23.0 Å². The lowest BCUT2D eigenvalue weighted by Gasteiger charge is -2.38. The van der Waals surface area contributed by atoms with Gasteiger partial charge in [0.25, 0.3) is 5.91 Å². The Morgan fingerprint density at radius 3 is 2.55 bits per heavy atom. The van der Waals surface area contributed by atoms with Crippen LogP contribution < -0.4 is 5.73 Å². The van der Waals surface area contributed by atoms with Crippen LogP contribution in [-0.4, -0.2) is 52.9 Å². The monoisotopic (exact) mass is 375 g/mol. The standard InChI is InChI=1S/C13H18BrN3OS2/c1-2-9(12(15)19)16-5-7-17(8-6-16)13(18)10-3-4-11(14)20-10/h3-4,9H,2,5-8H2,1H3,(H2,15,19). The van der Waals surface area contributed by atoms with Gasteiger partial charge in [-0.1, -0.05) is 19.1 Å². The van der Waals surface area contributed by atoms with E-state index in [0.29, 0.717) is 4.99 Å². The second kappa shape index (κ2) is 6.98. The maximum Gasteiger partial charge on any atom is 0.264 e. The van der Waals surface area contributed by atoms with Crippen LogP contribution in [0.3, 0.4) is 0 Å². The van der Waals surface area contributed by atoms with Crippen molar-refractivity contribution in [1.82, 2.24) is 9.80 Å². The van der Waals surface area contributed by atoms with Crippen LogP contribution in [-0.2, 0) is 0 Å². The van der Waals surface area contributed by atoms with E-state index in [-0.39, 0.29) is 11.9 Å². The highest BCUT2D eigenvalue weighted by Crippen LogP contribution is 2.24. The number of nitrogens with two attached hydrogens (primary N) is 1. The molecule has 1 aromatic rings. The van der Waals surface area contributed by atoms with Gasteiger partial charge >= 0.3 is 0 Å². The van der Waals surface area contributed by atoms with E-state index in [2.05, 4.69) is 27.8 Å². The molecule has 1 fully saturated rings. The van der Waals surface area contributed by atoms with Crippen LogP contribution in [0.15, 0.2) is 15.9 Å². The summed E-state index contributed by atoms with van der Waals surface area (Å²) in [5, 5.41) is 0. The Labute approximate surface area is 137 Å². The highest BCUT2D eigenvalue weighted by molar-refractivity contribution is 9.11. The van der Waals surface area contributed by atoms with E-state index in [1.807, 2.05) is 17.0 Å². The first-order valence-corrected chi connectivity index (χ1v) is 8.62. The molecule has 0 aromatic carbocycles. The fraction of sp³-hybridized carbons (Fsp3) is 0.538. The average Bonchev–Trinajstić information content (AvgIpc) is 2.86. The number of carbonyl (C=O) groups excluding carboxylic acids is 1. The molecule has 1 unspecified atom stereocenters. The summed E-state index contributed by atoms with van der Waals surface area (Å²) in [6.07, 6.45) is 0.918. The minimum absolute atomic E-state index is 0.115. The number of hydrogen-bond acceptors (Lipinski definition) is 4. The largest absolute Gasteiger partial charge is 0.392 e. The summed E-state index contributed by atoms with van der Waals surface area (Å²) in [5.74, 6) is 0.115. The van der Waals surface area contributed by atoms with Gasteiger partial charge in [0, 0.05) is 26.2 Å². The van der Waals surface area contributed by atoms with Crippen LogP contribution in [0.5, 0.6) is 0 Å². The third kappa shape index (κ3) is 3.58. The first kappa shape index (κ1) is 15.9. The molecule has 20 heavy (non-hydrogen) atoms. The van der Waals surface area contributed by atoms with Gasteiger partial charge in [-0.15, -0.1) is 11.3 Å². The van der Waals surface area contributed by atoms with Gasteiger partial charge in [0.2, 0.25) is 0 Å². The number of piperazine rings is 1. The lowest BCUT2D eigenvalue weighted by atomic mass is 10.1. The van der Waals surface area contributed by atoms with Crippen LogP contribution in [0.2, 0.25) is 0 Å². The van der Waals surface area contributed by atoms with E-state index >= 15 is 0 Å². The zero-order valence-electron chi connectivity index (χ0n) is 11.3. The summed E-state index contributed by atoms with van der Waals surface area (Å²) in [5.41, 5.74) is 5.77. The third-order valence-electron chi connectivity index (χ3n) is 3.54. The predicted molar refractivity (Wildman–Crippen MR) is 90.4 cm³/mol. The zero-order valence-corrected chi connectivity index (χ0v) is 14.6.